The van der Waals surface area contributed by atoms with Gasteiger partial charge < -0.3 is 19.8 Å². The Morgan fingerprint density at radius 1 is 1.32 bits per heavy atom. The van der Waals surface area contributed by atoms with Gasteiger partial charge in [0.25, 0.3) is 0 Å². The van der Waals surface area contributed by atoms with E-state index in [1.165, 1.54) is 0 Å². The van der Waals surface area contributed by atoms with Crippen molar-refractivity contribution in [2.45, 2.75) is 13.8 Å². The molecule has 0 saturated carbocycles. The lowest BCUT2D eigenvalue weighted by Gasteiger charge is -2.35. The van der Waals surface area contributed by atoms with Gasteiger partial charge in [0.15, 0.2) is 0 Å². The summed E-state index contributed by atoms with van der Waals surface area (Å²) in [4.78, 5) is 22.0. The maximum Gasteiger partial charge on any atom is 0.248 e. The molecule has 2 heterocycles. The highest BCUT2D eigenvalue weighted by molar-refractivity contribution is 5.52. The number of rotatable bonds is 2. The number of aliphatic imine (C=N–C) groups is 1. The molecular formula is C14H24N4O. The minimum Gasteiger partial charge on any atom is -0.368 e. The fourth-order valence-electron chi connectivity index (χ4n) is 1.92. The van der Waals surface area contributed by atoms with Crippen LogP contribution in [0, 0.1) is 0 Å². The number of anilines is 1. The molecule has 1 aromatic heterocycles. The standard InChI is InChI=1S/C11H17N3O.C3H7N/c1-2-13-5-7-14(8-6-13)10-3-4-11(15)12-9-10;1-3-4-2/h3-4,9H,2,5-8H2,1H3,(H,12,15);3H,1-2H3. The van der Waals surface area contributed by atoms with Crippen molar-refractivity contribution in [2.75, 3.05) is 44.7 Å². The molecule has 5 heteroatoms. The molecule has 19 heavy (non-hydrogen) atoms. The van der Waals surface area contributed by atoms with Crippen LogP contribution in [0.25, 0.3) is 0 Å². The van der Waals surface area contributed by atoms with Crippen LogP contribution < -0.4 is 10.5 Å². The maximum absolute atomic E-state index is 10.9. The van der Waals surface area contributed by atoms with Gasteiger partial charge in [-0.15, -0.1) is 0 Å². The van der Waals surface area contributed by atoms with Crippen molar-refractivity contribution in [2.24, 2.45) is 4.99 Å². The highest BCUT2D eigenvalue weighted by Gasteiger charge is 2.15. The summed E-state index contributed by atoms with van der Waals surface area (Å²) in [6.45, 7) is 9.50. The number of hydrogen-bond donors (Lipinski definition) is 1. The molecule has 0 spiro atoms. The lowest BCUT2D eigenvalue weighted by atomic mass is 10.3. The summed E-state index contributed by atoms with van der Waals surface area (Å²) in [5, 5.41) is 0. The number of nitrogens with zero attached hydrogens (tertiary/aromatic N) is 3. The first-order chi connectivity index (χ1) is 9.21. The van der Waals surface area contributed by atoms with Gasteiger partial charge in [0, 0.05) is 45.5 Å². The highest BCUT2D eigenvalue weighted by Crippen LogP contribution is 2.12. The van der Waals surface area contributed by atoms with Crippen LogP contribution in [0.4, 0.5) is 5.69 Å². The molecule has 5 nitrogen and oxygen atoms in total. The van der Waals surface area contributed by atoms with Gasteiger partial charge in [0.05, 0.1) is 5.69 Å². The van der Waals surface area contributed by atoms with Crippen LogP contribution in [-0.4, -0.2) is 55.9 Å². The van der Waals surface area contributed by atoms with E-state index in [1.54, 1.807) is 25.5 Å². The lowest BCUT2D eigenvalue weighted by molar-refractivity contribution is 0.271. The van der Waals surface area contributed by atoms with Gasteiger partial charge in [0.1, 0.15) is 0 Å². The average Bonchev–Trinajstić information content (AvgIpc) is 2.48. The molecular weight excluding hydrogens is 240 g/mol. The van der Waals surface area contributed by atoms with Crippen molar-refractivity contribution in [1.82, 2.24) is 9.88 Å². The fraction of sp³-hybridized carbons (Fsp3) is 0.571. The zero-order valence-electron chi connectivity index (χ0n) is 12.1. The van der Waals surface area contributed by atoms with Crippen molar-refractivity contribution in [3.05, 3.63) is 28.7 Å². The van der Waals surface area contributed by atoms with Gasteiger partial charge in [-0.3, -0.25) is 4.79 Å². The molecule has 1 fully saturated rings. The number of hydrogen-bond acceptors (Lipinski definition) is 4. The summed E-state index contributed by atoms with van der Waals surface area (Å²) in [7, 11) is 1.75. The van der Waals surface area contributed by atoms with E-state index in [9.17, 15) is 4.79 Å². The van der Waals surface area contributed by atoms with Gasteiger partial charge >= 0.3 is 0 Å². The van der Waals surface area contributed by atoms with E-state index in [1.807, 2.05) is 13.0 Å². The molecule has 0 unspecified atom stereocenters. The maximum atomic E-state index is 10.9. The number of aromatic nitrogens is 1. The molecule has 106 valence electrons. The molecule has 0 amide bonds. The third-order valence-electron chi connectivity index (χ3n) is 3.21. The number of pyridine rings is 1. The molecule has 1 aliphatic rings. The normalized spacial score (nSPS) is 16.3. The van der Waals surface area contributed by atoms with Crippen LogP contribution in [0.1, 0.15) is 13.8 Å². The topological polar surface area (TPSA) is 51.7 Å². The Labute approximate surface area is 115 Å². The molecule has 1 saturated heterocycles. The number of likely N-dealkylation sites (N-methyl/N-ethyl adjacent to an activating group) is 1. The van der Waals surface area contributed by atoms with E-state index in [2.05, 4.69) is 26.7 Å². The largest absolute Gasteiger partial charge is 0.368 e. The second-order valence-electron chi connectivity index (χ2n) is 4.35. The zero-order chi connectivity index (χ0) is 14.1. The molecule has 1 aromatic rings. The summed E-state index contributed by atoms with van der Waals surface area (Å²) in [5.74, 6) is 0. The molecule has 0 radical (unpaired) electrons. The van der Waals surface area contributed by atoms with Crippen molar-refractivity contribution in [3.8, 4) is 0 Å². The minimum absolute atomic E-state index is 0.0362. The first-order valence-electron chi connectivity index (χ1n) is 6.74. The van der Waals surface area contributed by atoms with Crippen LogP contribution in [0.2, 0.25) is 0 Å². The van der Waals surface area contributed by atoms with Gasteiger partial charge in [-0.1, -0.05) is 6.92 Å². The summed E-state index contributed by atoms with van der Waals surface area (Å²) < 4.78 is 0. The molecule has 0 aromatic carbocycles. The summed E-state index contributed by atoms with van der Waals surface area (Å²) in [6.07, 6.45) is 3.55. The number of aromatic amines is 1. The predicted octanol–water partition coefficient (Wildman–Crippen LogP) is 1.22. The SMILES string of the molecule is CC=NC.CCN1CCN(c2ccc(=O)[nH]c2)CC1. The predicted molar refractivity (Wildman–Crippen MR) is 81.5 cm³/mol. The van der Waals surface area contributed by atoms with Crippen molar-refractivity contribution in [1.29, 1.82) is 0 Å². The molecule has 0 bridgehead atoms. The van der Waals surface area contributed by atoms with Crippen molar-refractivity contribution >= 4 is 11.9 Å². The van der Waals surface area contributed by atoms with E-state index in [0.717, 1.165) is 38.4 Å². The Morgan fingerprint density at radius 2 is 1.95 bits per heavy atom. The van der Waals surface area contributed by atoms with Crippen LogP contribution >= 0.6 is 0 Å². The van der Waals surface area contributed by atoms with Crippen LogP contribution in [0.3, 0.4) is 0 Å². The third-order valence-corrected chi connectivity index (χ3v) is 3.21. The number of H-pyrrole nitrogens is 1. The van der Waals surface area contributed by atoms with Gasteiger partial charge in [-0.25, -0.2) is 0 Å². The molecule has 2 rings (SSSR count). The Balaban J connectivity index is 0.000000399. The minimum atomic E-state index is -0.0362. The van der Waals surface area contributed by atoms with Gasteiger partial charge in [-0.05, 0) is 25.7 Å². The number of nitrogens with one attached hydrogen (secondary N) is 1. The summed E-state index contributed by atoms with van der Waals surface area (Å²) in [5.41, 5.74) is 1.08. The average molecular weight is 264 g/mol. The number of piperazine rings is 1. The fourth-order valence-corrected chi connectivity index (χ4v) is 1.92. The van der Waals surface area contributed by atoms with E-state index < -0.39 is 0 Å². The monoisotopic (exact) mass is 264 g/mol. The van der Waals surface area contributed by atoms with Crippen LogP contribution in [0.15, 0.2) is 28.1 Å². The van der Waals surface area contributed by atoms with Crippen molar-refractivity contribution < 1.29 is 0 Å². The molecule has 1 aliphatic heterocycles. The van der Waals surface area contributed by atoms with E-state index in [0.29, 0.717) is 0 Å². The Bertz CT molecular complexity index is 409. The lowest BCUT2D eigenvalue weighted by Crippen LogP contribution is -2.46. The quantitative estimate of drug-likeness (QED) is 0.817. The molecule has 0 atom stereocenters. The molecule has 0 aliphatic carbocycles. The van der Waals surface area contributed by atoms with E-state index in [4.69, 9.17) is 0 Å². The third kappa shape index (κ3) is 5.26. The smallest absolute Gasteiger partial charge is 0.248 e. The molecule has 1 N–H and O–H groups in total. The highest BCUT2D eigenvalue weighted by atomic mass is 16.1. The Morgan fingerprint density at radius 3 is 2.37 bits per heavy atom. The van der Waals surface area contributed by atoms with Gasteiger partial charge in [-0.2, -0.15) is 0 Å². The van der Waals surface area contributed by atoms with E-state index >= 15 is 0 Å². The second-order valence-corrected chi connectivity index (χ2v) is 4.35. The van der Waals surface area contributed by atoms with Gasteiger partial charge in [0.2, 0.25) is 5.56 Å². The Hall–Kier alpha value is -1.62. The summed E-state index contributed by atoms with van der Waals surface area (Å²) in [6, 6.07) is 3.47. The van der Waals surface area contributed by atoms with E-state index in [-0.39, 0.29) is 5.56 Å². The zero-order valence-corrected chi connectivity index (χ0v) is 12.1. The summed E-state index contributed by atoms with van der Waals surface area (Å²) >= 11 is 0. The van der Waals surface area contributed by atoms with Crippen LogP contribution in [-0.2, 0) is 0 Å². The van der Waals surface area contributed by atoms with Crippen molar-refractivity contribution in [3.63, 3.8) is 0 Å². The first-order valence-corrected chi connectivity index (χ1v) is 6.74. The Kier molecular flexibility index (Phi) is 6.89. The first kappa shape index (κ1) is 15.4. The van der Waals surface area contributed by atoms with Crippen LogP contribution in [0.5, 0.6) is 0 Å². The second kappa shape index (κ2) is 8.48.